The fraction of sp³-hybridized carbons (Fsp3) is 0. The summed E-state index contributed by atoms with van der Waals surface area (Å²) in [4.78, 5) is 25.3. The van der Waals surface area contributed by atoms with Crippen molar-refractivity contribution < 1.29 is 23.1 Å². The monoisotopic (exact) mass is 414 g/mol. The third-order valence-corrected chi connectivity index (χ3v) is 4.67. The average Bonchev–Trinajstić information content (AvgIpc) is 2.79. The van der Waals surface area contributed by atoms with Crippen molar-refractivity contribution in [1.29, 1.82) is 0 Å². The lowest BCUT2D eigenvalue weighted by Crippen LogP contribution is -2.05. The Morgan fingerprint density at radius 1 is 0.548 bits per heavy atom. The Hall–Kier alpha value is -4.12. The lowest BCUT2D eigenvalue weighted by molar-refractivity contribution is 0.102. The molecule has 4 aromatic rings. The van der Waals surface area contributed by atoms with Crippen molar-refractivity contribution in [2.24, 2.45) is 0 Å². The second-order valence-corrected chi connectivity index (χ2v) is 6.78. The van der Waals surface area contributed by atoms with Crippen LogP contribution >= 0.6 is 0 Å². The fourth-order valence-corrected chi connectivity index (χ4v) is 3.14. The Labute approximate surface area is 177 Å². The van der Waals surface area contributed by atoms with E-state index in [1.54, 1.807) is 48.5 Å². The Bertz CT molecular complexity index is 1180. The molecule has 0 aliphatic carbocycles. The summed E-state index contributed by atoms with van der Waals surface area (Å²) in [6.07, 6.45) is 0. The smallest absolute Gasteiger partial charge is 0.196 e. The van der Waals surface area contributed by atoms with Crippen LogP contribution in [0, 0.1) is 11.6 Å². The van der Waals surface area contributed by atoms with Gasteiger partial charge in [0.15, 0.2) is 11.6 Å². The topological polar surface area (TPSA) is 43.4 Å². The molecule has 0 unspecified atom stereocenters. The molecule has 0 heterocycles. The van der Waals surface area contributed by atoms with Gasteiger partial charge >= 0.3 is 0 Å². The fourth-order valence-electron chi connectivity index (χ4n) is 3.14. The highest BCUT2D eigenvalue weighted by Gasteiger charge is 2.16. The second-order valence-electron chi connectivity index (χ2n) is 6.78. The van der Waals surface area contributed by atoms with E-state index in [9.17, 15) is 18.4 Å². The molecule has 5 heteroatoms. The van der Waals surface area contributed by atoms with Crippen molar-refractivity contribution in [3.8, 4) is 11.5 Å². The number of halogens is 2. The minimum atomic E-state index is -0.599. The maximum atomic E-state index is 14.0. The summed E-state index contributed by atoms with van der Waals surface area (Å²) in [7, 11) is 0. The van der Waals surface area contributed by atoms with Gasteiger partial charge in [-0.1, -0.05) is 48.5 Å². The SMILES string of the molecule is O=C(c1cccc(Oc2cccc(C(=O)c3ccccc3F)c2)c1)c1ccccc1F. The van der Waals surface area contributed by atoms with Crippen LogP contribution in [0.15, 0.2) is 97.1 Å². The van der Waals surface area contributed by atoms with Crippen molar-refractivity contribution in [2.75, 3.05) is 0 Å². The number of carbonyl (C=O) groups is 2. The van der Waals surface area contributed by atoms with Gasteiger partial charge in [-0.3, -0.25) is 9.59 Å². The first kappa shape index (κ1) is 20.2. The zero-order valence-electron chi connectivity index (χ0n) is 16.2. The third kappa shape index (κ3) is 4.41. The molecule has 4 aromatic carbocycles. The van der Waals surface area contributed by atoms with E-state index in [1.807, 2.05) is 0 Å². The third-order valence-electron chi connectivity index (χ3n) is 4.67. The first-order valence-electron chi connectivity index (χ1n) is 9.49. The van der Waals surface area contributed by atoms with Crippen LogP contribution < -0.4 is 4.74 Å². The van der Waals surface area contributed by atoms with Gasteiger partial charge < -0.3 is 4.74 Å². The first-order chi connectivity index (χ1) is 15.0. The Balaban J connectivity index is 1.58. The molecule has 0 fully saturated rings. The Morgan fingerprint density at radius 2 is 0.968 bits per heavy atom. The van der Waals surface area contributed by atoms with Gasteiger partial charge in [0.05, 0.1) is 11.1 Å². The quantitative estimate of drug-likeness (QED) is 0.352. The van der Waals surface area contributed by atoms with Crippen LogP contribution in [-0.2, 0) is 0 Å². The summed E-state index contributed by atoms with van der Waals surface area (Å²) in [6, 6.07) is 24.2. The molecule has 0 bridgehead atoms. The number of ketones is 2. The van der Waals surface area contributed by atoms with Gasteiger partial charge in [0, 0.05) is 11.1 Å². The van der Waals surface area contributed by atoms with E-state index in [4.69, 9.17) is 4.74 Å². The van der Waals surface area contributed by atoms with Gasteiger partial charge in [-0.2, -0.15) is 0 Å². The molecule has 0 aromatic heterocycles. The van der Waals surface area contributed by atoms with Crippen LogP contribution in [0.2, 0.25) is 0 Å². The molecule has 152 valence electrons. The van der Waals surface area contributed by atoms with Crippen LogP contribution in [0.4, 0.5) is 8.78 Å². The predicted octanol–water partition coefficient (Wildman–Crippen LogP) is 6.22. The molecule has 3 nitrogen and oxygen atoms in total. The van der Waals surface area contributed by atoms with Gasteiger partial charge in [-0.05, 0) is 48.5 Å². The number of rotatable bonds is 6. The molecule has 0 aliphatic rings. The molecule has 31 heavy (non-hydrogen) atoms. The first-order valence-corrected chi connectivity index (χ1v) is 9.49. The molecule has 0 N–H and O–H groups in total. The average molecular weight is 414 g/mol. The van der Waals surface area contributed by atoms with E-state index < -0.39 is 23.2 Å². The van der Waals surface area contributed by atoms with Crippen molar-refractivity contribution >= 4 is 11.6 Å². The molecule has 0 aliphatic heterocycles. The standard InChI is InChI=1S/C26H16F2O3/c27-23-13-3-1-11-21(23)25(29)17-7-5-9-19(15-17)31-20-10-6-8-18(16-20)26(30)22-12-2-4-14-24(22)28/h1-16H. The van der Waals surface area contributed by atoms with E-state index in [2.05, 4.69) is 0 Å². The number of carbonyl (C=O) groups excluding carboxylic acids is 2. The van der Waals surface area contributed by atoms with Crippen LogP contribution in [0.1, 0.15) is 31.8 Å². The molecule has 0 spiro atoms. The maximum absolute atomic E-state index is 14.0. The zero-order valence-corrected chi connectivity index (χ0v) is 16.2. The van der Waals surface area contributed by atoms with E-state index in [0.717, 1.165) is 0 Å². The van der Waals surface area contributed by atoms with Crippen LogP contribution in [0.5, 0.6) is 11.5 Å². The van der Waals surface area contributed by atoms with Crippen molar-refractivity contribution in [3.63, 3.8) is 0 Å². The predicted molar refractivity (Wildman–Crippen MR) is 113 cm³/mol. The van der Waals surface area contributed by atoms with Crippen molar-refractivity contribution in [2.45, 2.75) is 0 Å². The van der Waals surface area contributed by atoms with E-state index in [1.165, 1.54) is 48.5 Å². The highest BCUT2D eigenvalue weighted by Crippen LogP contribution is 2.26. The van der Waals surface area contributed by atoms with E-state index in [0.29, 0.717) is 11.5 Å². The van der Waals surface area contributed by atoms with Crippen LogP contribution in [0.3, 0.4) is 0 Å². The number of hydrogen-bond acceptors (Lipinski definition) is 3. The normalized spacial score (nSPS) is 10.5. The number of ether oxygens (including phenoxy) is 1. The molecule has 0 amide bonds. The lowest BCUT2D eigenvalue weighted by Gasteiger charge is -2.09. The highest BCUT2D eigenvalue weighted by atomic mass is 19.1. The number of hydrogen-bond donors (Lipinski definition) is 0. The molecule has 0 atom stereocenters. The van der Waals surface area contributed by atoms with Gasteiger partial charge in [-0.15, -0.1) is 0 Å². The molecule has 0 saturated carbocycles. The summed E-state index contributed by atoms with van der Waals surface area (Å²) < 4.78 is 33.7. The lowest BCUT2D eigenvalue weighted by atomic mass is 10.0. The van der Waals surface area contributed by atoms with E-state index >= 15 is 0 Å². The van der Waals surface area contributed by atoms with Gasteiger partial charge in [0.1, 0.15) is 23.1 Å². The molecular weight excluding hydrogens is 398 g/mol. The largest absolute Gasteiger partial charge is 0.457 e. The Kier molecular flexibility index (Phi) is 5.67. The van der Waals surface area contributed by atoms with Crippen LogP contribution in [0.25, 0.3) is 0 Å². The minimum Gasteiger partial charge on any atom is -0.457 e. The second kappa shape index (κ2) is 8.71. The highest BCUT2D eigenvalue weighted by molar-refractivity contribution is 6.10. The zero-order chi connectivity index (χ0) is 21.8. The minimum absolute atomic E-state index is 0.0304. The van der Waals surface area contributed by atoms with Gasteiger partial charge in [-0.25, -0.2) is 8.78 Å². The molecule has 0 saturated heterocycles. The summed E-state index contributed by atoms with van der Waals surface area (Å²) in [5.74, 6) is -1.44. The van der Waals surface area contributed by atoms with Gasteiger partial charge in [0.2, 0.25) is 0 Å². The summed E-state index contributed by atoms with van der Waals surface area (Å²) in [6.45, 7) is 0. The molecule has 0 radical (unpaired) electrons. The van der Waals surface area contributed by atoms with E-state index in [-0.39, 0.29) is 22.3 Å². The summed E-state index contributed by atoms with van der Waals surface area (Å²) >= 11 is 0. The van der Waals surface area contributed by atoms with Crippen molar-refractivity contribution in [1.82, 2.24) is 0 Å². The Morgan fingerprint density at radius 3 is 1.39 bits per heavy atom. The molecular formula is C26H16F2O3. The number of benzene rings is 4. The summed E-state index contributed by atoms with van der Waals surface area (Å²) in [5, 5.41) is 0. The maximum Gasteiger partial charge on any atom is 0.196 e. The van der Waals surface area contributed by atoms with Crippen LogP contribution in [-0.4, -0.2) is 11.6 Å². The summed E-state index contributed by atoms with van der Waals surface area (Å²) in [5.41, 5.74) is 0.469. The van der Waals surface area contributed by atoms with Crippen molar-refractivity contribution in [3.05, 3.63) is 131 Å². The van der Waals surface area contributed by atoms with Gasteiger partial charge in [0.25, 0.3) is 0 Å². The molecule has 4 rings (SSSR count).